The fraction of sp³-hybridized carbons (Fsp3) is 0.500. The molecule has 0 aliphatic heterocycles. The first-order valence-corrected chi connectivity index (χ1v) is 6.68. The predicted octanol–water partition coefficient (Wildman–Crippen LogP) is 0.872. The molecule has 1 aromatic heterocycles. The van der Waals surface area contributed by atoms with Gasteiger partial charge in [0, 0.05) is 19.3 Å². The summed E-state index contributed by atoms with van der Waals surface area (Å²) in [5.41, 5.74) is 0.821. The minimum absolute atomic E-state index is 0.120. The van der Waals surface area contributed by atoms with Crippen molar-refractivity contribution in [2.45, 2.75) is 30.7 Å². The largest absolute Gasteiger partial charge is 0.373 e. The number of aryl methyl sites for hydroxylation is 1. The van der Waals surface area contributed by atoms with Crippen LogP contribution in [-0.4, -0.2) is 26.5 Å². The molecular weight excluding hydrogens is 226 g/mol. The number of sulfonamides is 1. The molecule has 1 heterocycles. The average Bonchev–Trinajstić information content (AvgIpc) is 3.01. The highest BCUT2D eigenvalue weighted by atomic mass is 32.2. The molecule has 6 heteroatoms. The Balaban J connectivity index is 2.29. The van der Waals surface area contributed by atoms with Crippen LogP contribution in [0.25, 0.3) is 0 Å². The molecule has 0 radical (unpaired) electrons. The first kappa shape index (κ1) is 11.3. The van der Waals surface area contributed by atoms with E-state index < -0.39 is 10.0 Å². The van der Waals surface area contributed by atoms with Crippen molar-refractivity contribution in [3.05, 3.63) is 17.8 Å². The SMILES string of the molecule is CNc1ncc(S(=O)(=O)NC2CC2)cc1C. The van der Waals surface area contributed by atoms with E-state index in [1.165, 1.54) is 6.20 Å². The lowest BCUT2D eigenvalue weighted by Gasteiger charge is -2.08. The van der Waals surface area contributed by atoms with Crippen LogP contribution in [0.15, 0.2) is 17.2 Å². The Morgan fingerprint density at radius 1 is 1.44 bits per heavy atom. The number of rotatable bonds is 4. The van der Waals surface area contributed by atoms with Gasteiger partial charge in [0.05, 0.1) is 0 Å². The number of hydrogen-bond donors (Lipinski definition) is 2. The van der Waals surface area contributed by atoms with E-state index in [0.717, 1.165) is 18.4 Å². The zero-order valence-electron chi connectivity index (χ0n) is 9.32. The molecule has 2 rings (SSSR count). The molecule has 1 saturated carbocycles. The van der Waals surface area contributed by atoms with Crippen molar-refractivity contribution >= 4 is 15.8 Å². The van der Waals surface area contributed by atoms with Gasteiger partial charge in [-0.05, 0) is 31.4 Å². The van der Waals surface area contributed by atoms with Crippen molar-refractivity contribution in [1.29, 1.82) is 0 Å². The van der Waals surface area contributed by atoms with Crippen molar-refractivity contribution < 1.29 is 8.42 Å². The van der Waals surface area contributed by atoms with Crippen LogP contribution in [0.3, 0.4) is 0 Å². The number of aromatic nitrogens is 1. The van der Waals surface area contributed by atoms with E-state index in [1.54, 1.807) is 13.1 Å². The second kappa shape index (κ2) is 4.03. The van der Waals surface area contributed by atoms with E-state index in [1.807, 2.05) is 6.92 Å². The Morgan fingerprint density at radius 2 is 2.12 bits per heavy atom. The molecule has 0 unspecified atom stereocenters. The zero-order chi connectivity index (χ0) is 11.8. The van der Waals surface area contributed by atoms with Crippen LogP contribution >= 0.6 is 0 Å². The molecule has 0 amide bonds. The van der Waals surface area contributed by atoms with Gasteiger partial charge in [-0.15, -0.1) is 0 Å². The average molecular weight is 241 g/mol. The van der Waals surface area contributed by atoms with Crippen molar-refractivity contribution in [3.8, 4) is 0 Å². The Morgan fingerprint density at radius 3 is 2.62 bits per heavy atom. The van der Waals surface area contributed by atoms with Crippen molar-refractivity contribution in [2.24, 2.45) is 0 Å². The summed E-state index contributed by atoms with van der Waals surface area (Å²) in [4.78, 5) is 4.29. The van der Waals surface area contributed by atoms with Gasteiger partial charge in [-0.2, -0.15) is 0 Å². The monoisotopic (exact) mass is 241 g/mol. The van der Waals surface area contributed by atoms with Crippen LogP contribution in [0.1, 0.15) is 18.4 Å². The van der Waals surface area contributed by atoms with E-state index in [-0.39, 0.29) is 10.9 Å². The Labute approximate surface area is 95.3 Å². The lowest BCUT2D eigenvalue weighted by molar-refractivity contribution is 0.580. The fourth-order valence-electron chi connectivity index (χ4n) is 1.45. The van der Waals surface area contributed by atoms with E-state index in [0.29, 0.717) is 5.82 Å². The normalized spacial score (nSPS) is 16.1. The first-order valence-electron chi connectivity index (χ1n) is 5.19. The van der Waals surface area contributed by atoms with Crippen LogP contribution in [0.4, 0.5) is 5.82 Å². The van der Waals surface area contributed by atoms with Crippen molar-refractivity contribution in [2.75, 3.05) is 12.4 Å². The number of anilines is 1. The molecule has 0 atom stereocenters. The van der Waals surface area contributed by atoms with Gasteiger partial charge in [0.1, 0.15) is 10.7 Å². The van der Waals surface area contributed by atoms with Gasteiger partial charge < -0.3 is 5.32 Å². The van der Waals surface area contributed by atoms with Crippen molar-refractivity contribution in [3.63, 3.8) is 0 Å². The molecule has 0 bridgehead atoms. The Hall–Kier alpha value is -1.14. The highest BCUT2D eigenvalue weighted by Gasteiger charge is 2.28. The van der Waals surface area contributed by atoms with Gasteiger partial charge in [0.15, 0.2) is 0 Å². The maximum absolute atomic E-state index is 11.9. The Bertz CT molecular complexity index is 495. The number of nitrogens with zero attached hydrogens (tertiary/aromatic N) is 1. The molecule has 2 N–H and O–H groups in total. The maximum Gasteiger partial charge on any atom is 0.242 e. The molecule has 1 aliphatic rings. The van der Waals surface area contributed by atoms with Crippen LogP contribution in [-0.2, 0) is 10.0 Å². The van der Waals surface area contributed by atoms with Crippen LogP contribution in [0.2, 0.25) is 0 Å². The smallest absolute Gasteiger partial charge is 0.242 e. The van der Waals surface area contributed by atoms with Crippen LogP contribution in [0, 0.1) is 6.92 Å². The summed E-state index contributed by atoms with van der Waals surface area (Å²) in [6, 6.07) is 1.75. The third-order valence-electron chi connectivity index (χ3n) is 2.50. The molecule has 16 heavy (non-hydrogen) atoms. The third kappa shape index (κ3) is 2.33. The third-order valence-corrected chi connectivity index (χ3v) is 3.99. The van der Waals surface area contributed by atoms with E-state index in [9.17, 15) is 8.42 Å². The van der Waals surface area contributed by atoms with Gasteiger partial charge in [0.25, 0.3) is 0 Å². The minimum Gasteiger partial charge on any atom is -0.373 e. The Kier molecular flexibility index (Phi) is 2.86. The topological polar surface area (TPSA) is 71.1 Å². The van der Waals surface area contributed by atoms with Gasteiger partial charge in [-0.3, -0.25) is 0 Å². The van der Waals surface area contributed by atoms with Gasteiger partial charge in [-0.1, -0.05) is 0 Å². The maximum atomic E-state index is 11.9. The summed E-state index contributed by atoms with van der Waals surface area (Å²) in [5.74, 6) is 0.699. The lowest BCUT2D eigenvalue weighted by atomic mass is 10.3. The standard InChI is InChI=1S/C10H15N3O2S/c1-7-5-9(6-12-10(7)11-2)16(14,15)13-8-3-4-8/h5-6,8,13H,3-4H2,1-2H3,(H,11,12). The molecule has 0 aromatic carbocycles. The van der Waals surface area contributed by atoms with Crippen LogP contribution < -0.4 is 10.0 Å². The van der Waals surface area contributed by atoms with Gasteiger partial charge >= 0.3 is 0 Å². The fourth-order valence-corrected chi connectivity index (χ4v) is 2.78. The van der Waals surface area contributed by atoms with E-state index in [2.05, 4.69) is 15.0 Å². The lowest BCUT2D eigenvalue weighted by Crippen LogP contribution is -2.26. The second-order valence-electron chi connectivity index (χ2n) is 3.98. The second-order valence-corrected chi connectivity index (χ2v) is 5.70. The summed E-state index contributed by atoms with van der Waals surface area (Å²) in [6.07, 6.45) is 3.24. The van der Waals surface area contributed by atoms with Crippen molar-refractivity contribution in [1.82, 2.24) is 9.71 Å². The molecular formula is C10H15N3O2S. The minimum atomic E-state index is -3.38. The van der Waals surface area contributed by atoms with E-state index >= 15 is 0 Å². The highest BCUT2D eigenvalue weighted by molar-refractivity contribution is 7.89. The molecule has 0 saturated heterocycles. The quantitative estimate of drug-likeness (QED) is 0.820. The molecule has 1 aromatic rings. The highest BCUT2D eigenvalue weighted by Crippen LogP contribution is 2.23. The number of hydrogen-bond acceptors (Lipinski definition) is 4. The van der Waals surface area contributed by atoms with Crippen LogP contribution in [0.5, 0.6) is 0 Å². The molecule has 0 spiro atoms. The summed E-state index contributed by atoms with van der Waals surface area (Å²) >= 11 is 0. The van der Waals surface area contributed by atoms with E-state index in [4.69, 9.17) is 0 Å². The molecule has 5 nitrogen and oxygen atoms in total. The molecule has 1 fully saturated rings. The number of pyridine rings is 1. The molecule has 1 aliphatic carbocycles. The number of nitrogens with one attached hydrogen (secondary N) is 2. The summed E-state index contributed by atoms with van der Waals surface area (Å²) in [6.45, 7) is 1.83. The van der Waals surface area contributed by atoms with Gasteiger partial charge in [0.2, 0.25) is 10.0 Å². The summed E-state index contributed by atoms with van der Waals surface area (Å²) in [7, 11) is -1.63. The zero-order valence-corrected chi connectivity index (χ0v) is 10.1. The molecule has 88 valence electrons. The summed E-state index contributed by atoms with van der Waals surface area (Å²) < 4.78 is 26.3. The first-order chi connectivity index (χ1) is 7.53. The summed E-state index contributed by atoms with van der Waals surface area (Å²) in [5, 5.41) is 2.90. The predicted molar refractivity (Wildman–Crippen MR) is 61.9 cm³/mol. The van der Waals surface area contributed by atoms with Gasteiger partial charge in [-0.25, -0.2) is 18.1 Å².